The van der Waals surface area contributed by atoms with Crippen LogP contribution in [0.25, 0.3) is 6.08 Å². The molecule has 4 heteroatoms. The van der Waals surface area contributed by atoms with Crippen LogP contribution < -0.4 is 0 Å². The van der Waals surface area contributed by atoms with Gasteiger partial charge in [-0.1, -0.05) is 30.3 Å². The number of nitrogens with zero attached hydrogens (tertiary/aromatic N) is 1. The van der Waals surface area contributed by atoms with E-state index in [9.17, 15) is 4.79 Å². The SMILES string of the molecule is CC(=Cc1ccccc1)C(=O)N(CCO)CCO. The second-order valence-electron chi connectivity index (χ2n) is 3.98. The highest BCUT2D eigenvalue weighted by Crippen LogP contribution is 2.08. The van der Waals surface area contributed by atoms with Crippen molar-refractivity contribution in [3.05, 3.63) is 41.5 Å². The first-order valence-corrected chi connectivity index (χ1v) is 5.93. The summed E-state index contributed by atoms with van der Waals surface area (Å²) in [5.74, 6) is -0.165. The van der Waals surface area contributed by atoms with E-state index in [1.54, 1.807) is 13.0 Å². The predicted octanol–water partition coefficient (Wildman–Crippen LogP) is 0.903. The molecule has 0 unspecified atom stereocenters. The van der Waals surface area contributed by atoms with Crippen molar-refractivity contribution in [3.8, 4) is 0 Å². The standard InChI is InChI=1S/C14H19NO3/c1-12(11-13-5-3-2-4-6-13)14(18)15(7-9-16)8-10-17/h2-6,11,16-17H,7-10H2,1H3. The van der Waals surface area contributed by atoms with Crippen molar-refractivity contribution in [1.82, 2.24) is 4.90 Å². The Bertz CT molecular complexity index is 395. The molecule has 0 atom stereocenters. The van der Waals surface area contributed by atoms with Crippen molar-refractivity contribution in [1.29, 1.82) is 0 Å². The molecule has 0 bridgehead atoms. The fraction of sp³-hybridized carbons (Fsp3) is 0.357. The summed E-state index contributed by atoms with van der Waals surface area (Å²) in [6.07, 6.45) is 1.80. The molecule has 4 nitrogen and oxygen atoms in total. The smallest absolute Gasteiger partial charge is 0.249 e. The first-order chi connectivity index (χ1) is 8.69. The van der Waals surface area contributed by atoms with E-state index < -0.39 is 0 Å². The minimum atomic E-state index is -0.165. The van der Waals surface area contributed by atoms with Gasteiger partial charge in [-0.05, 0) is 18.6 Å². The van der Waals surface area contributed by atoms with Crippen molar-refractivity contribution in [3.63, 3.8) is 0 Å². The van der Waals surface area contributed by atoms with Crippen LogP contribution in [0.1, 0.15) is 12.5 Å². The summed E-state index contributed by atoms with van der Waals surface area (Å²) >= 11 is 0. The Balaban J connectivity index is 2.78. The van der Waals surface area contributed by atoms with Gasteiger partial charge in [0, 0.05) is 18.7 Å². The Morgan fingerprint density at radius 2 is 1.72 bits per heavy atom. The highest BCUT2D eigenvalue weighted by Gasteiger charge is 2.13. The van der Waals surface area contributed by atoms with Crippen molar-refractivity contribution in [2.45, 2.75) is 6.92 Å². The molecule has 0 aromatic heterocycles. The molecule has 0 saturated heterocycles. The molecular weight excluding hydrogens is 230 g/mol. The third-order valence-corrected chi connectivity index (χ3v) is 2.55. The maximum absolute atomic E-state index is 12.1. The van der Waals surface area contributed by atoms with E-state index in [0.29, 0.717) is 5.57 Å². The van der Waals surface area contributed by atoms with E-state index in [-0.39, 0.29) is 32.2 Å². The van der Waals surface area contributed by atoms with E-state index in [4.69, 9.17) is 10.2 Å². The highest BCUT2D eigenvalue weighted by molar-refractivity contribution is 5.97. The van der Waals surface area contributed by atoms with Crippen LogP contribution in [0.5, 0.6) is 0 Å². The van der Waals surface area contributed by atoms with E-state index in [1.165, 1.54) is 4.90 Å². The summed E-state index contributed by atoms with van der Waals surface area (Å²) in [5.41, 5.74) is 1.54. The molecule has 1 amide bonds. The highest BCUT2D eigenvalue weighted by atomic mass is 16.3. The van der Waals surface area contributed by atoms with E-state index in [1.807, 2.05) is 30.3 Å². The number of aliphatic hydroxyl groups excluding tert-OH is 2. The fourth-order valence-corrected chi connectivity index (χ4v) is 1.67. The van der Waals surface area contributed by atoms with Crippen LogP contribution in [-0.4, -0.2) is 47.3 Å². The van der Waals surface area contributed by atoms with E-state index in [2.05, 4.69) is 0 Å². The van der Waals surface area contributed by atoms with Crippen LogP contribution >= 0.6 is 0 Å². The molecule has 18 heavy (non-hydrogen) atoms. The van der Waals surface area contributed by atoms with Crippen LogP contribution in [0.15, 0.2) is 35.9 Å². The molecule has 2 N–H and O–H groups in total. The van der Waals surface area contributed by atoms with Crippen molar-refractivity contribution < 1.29 is 15.0 Å². The van der Waals surface area contributed by atoms with Crippen LogP contribution in [0, 0.1) is 0 Å². The Kier molecular flexibility index (Phi) is 6.11. The van der Waals surface area contributed by atoms with Crippen LogP contribution in [0.3, 0.4) is 0 Å². The molecule has 0 fully saturated rings. The van der Waals surface area contributed by atoms with Gasteiger partial charge >= 0.3 is 0 Å². The molecule has 0 radical (unpaired) electrons. The Morgan fingerprint density at radius 3 is 2.22 bits per heavy atom. The molecule has 0 aliphatic rings. The molecular formula is C14H19NO3. The number of carbonyl (C=O) groups excluding carboxylic acids is 1. The summed E-state index contributed by atoms with van der Waals surface area (Å²) in [6, 6.07) is 9.56. The summed E-state index contributed by atoms with van der Waals surface area (Å²) in [4.78, 5) is 13.5. The zero-order valence-corrected chi connectivity index (χ0v) is 10.5. The number of amides is 1. The summed E-state index contributed by atoms with van der Waals surface area (Å²) in [7, 11) is 0. The number of rotatable bonds is 6. The second kappa shape index (κ2) is 7.63. The second-order valence-corrected chi connectivity index (χ2v) is 3.98. The molecule has 0 spiro atoms. The molecule has 0 aliphatic heterocycles. The third kappa shape index (κ3) is 4.31. The lowest BCUT2D eigenvalue weighted by molar-refractivity contribution is -0.128. The Morgan fingerprint density at radius 1 is 1.17 bits per heavy atom. The van der Waals surface area contributed by atoms with Gasteiger partial charge in [-0.2, -0.15) is 0 Å². The molecule has 1 aromatic carbocycles. The zero-order chi connectivity index (χ0) is 13.4. The maximum Gasteiger partial charge on any atom is 0.249 e. The largest absolute Gasteiger partial charge is 0.395 e. The number of hydrogen-bond donors (Lipinski definition) is 2. The normalized spacial score (nSPS) is 11.4. The number of carbonyl (C=O) groups is 1. The Hall–Kier alpha value is -1.65. The summed E-state index contributed by atoms with van der Waals surface area (Å²) in [6.45, 7) is 1.99. The summed E-state index contributed by atoms with van der Waals surface area (Å²) in [5, 5.41) is 17.8. The number of hydrogen-bond acceptors (Lipinski definition) is 3. The lowest BCUT2D eigenvalue weighted by Gasteiger charge is -2.20. The minimum absolute atomic E-state index is 0.107. The van der Waals surface area contributed by atoms with Gasteiger partial charge in [0.05, 0.1) is 13.2 Å². The molecule has 0 aliphatic carbocycles. The monoisotopic (exact) mass is 249 g/mol. The van der Waals surface area contributed by atoms with Gasteiger partial charge in [-0.15, -0.1) is 0 Å². The van der Waals surface area contributed by atoms with Gasteiger partial charge in [0.15, 0.2) is 0 Å². The number of benzene rings is 1. The quantitative estimate of drug-likeness (QED) is 0.736. The van der Waals surface area contributed by atoms with Crippen LogP contribution in [-0.2, 0) is 4.79 Å². The average molecular weight is 249 g/mol. The lowest BCUT2D eigenvalue weighted by Crippen LogP contribution is -2.36. The predicted molar refractivity (Wildman–Crippen MR) is 70.8 cm³/mol. The average Bonchev–Trinajstić information content (AvgIpc) is 2.39. The zero-order valence-electron chi connectivity index (χ0n) is 10.5. The molecule has 0 heterocycles. The Labute approximate surface area is 107 Å². The van der Waals surface area contributed by atoms with E-state index in [0.717, 1.165) is 5.56 Å². The fourth-order valence-electron chi connectivity index (χ4n) is 1.67. The molecule has 98 valence electrons. The van der Waals surface area contributed by atoms with Crippen molar-refractivity contribution in [2.75, 3.05) is 26.3 Å². The number of aliphatic hydroxyl groups is 2. The van der Waals surface area contributed by atoms with Crippen molar-refractivity contribution in [2.24, 2.45) is 0 Å². The van der Waals surface area contributed by atoms with Gasteiger partial charge in [-0.25, -0.2) is 0 Å². The molecule has 0 saturated carbocycles. The van der Waals surface area contributed by atoms with Crippen LogP contribution in [0.2, 0.25) is 0 Å². The minimum Gasteiger partial charge on any atom is -0.395 e. The molecule has 1 rings (SSSR count). The van der Waals surface area contributed by atoms with E-state index >= 15 is 0 Å². The van der Waals surface area contributed by atoms with Crippen LogP contribution in [0.4, 0.5) is 0 Å². The van der Waals surface area contributed by atoms with Gasteiger partial charge < -0.3 is 15.1 Å². The molecule has 1 aromatic rings. The topological polar surface area (TPSA) is 60.8 Å². The van der Waals surface area contributed by atoms with Gasteiger partial charge in [0.25, 0.3) is 0 Å². The lowest BCUT2D eigenvalue weighted by atomic mass is 10.1. The first kappa shape index (κ1) is 14.4. The maximum atomic E-state index is 12.1. The van der Waals surface area contributed by atoms with Gasteiger partial charge in [0.1, 0.15) is 0 Å². The van der Waals surface area contributed by atoms with Gasteiger partial charge in [-0.3, -0.25) is 4.79 Å². The first-order valence-electron chi connectivity index (χ1n) is 5.93. The summed E-state index contributed by atoms with van der Waals surface area (Å²) < 4.78 is 0. The van der Waals surface area contributed by atoms with Crippen molar-refractivity contribution >= 4 is 12.0 Å². The van der Waals surface area contributed by atoms with Gasteiger partial charge in [0.2, 0.25) is 5.91 Å². The third-order valence-electron chi connectivity index (χ3n) is 2.55.